The highest BCUT2D eigenvalue weighted by Crippen LogP contribution is 2.33. The summed E-state index contributed by atoms with van der Waals surface area (Å²) in [5.41, 5.74) is -2.43. The molecule has 0 spiro atoms. The molecule has 0 aromatic heterocycles. The van der Waals surface area contributed by atoms with Crippen molar-refractivity contribution in [2.24, 2.45) is 0 Å². The van der Waals surface area contributed by atoms with E-state index in [2.05, 4.69) is 5.32 Å². The SMILES string of the molecule is O=C(NCCC1CCCO1)c1ccc(C(F)(F)F)cc1[N+](=O)[O-]. The summed E-state index contributed by atoms with van der Waals surface area (Å²) < 4.78 is 43.2. The van der Waals surface area contributed by atoms with Gasteiger partial charge in [-0.2, -0.15) is 13.2 Å². The molecule has 23 heavy (non-hydrogen) atoms. The van der Waals surface area contributed by atoms with Gasteiger partial charge in [-0.3, -0.25) is 14.9 Å². The molecule has 1 unspecified atom stereocenters. The van der Waals surface area contributed by atoms with Gasteiger partial charge in [-0.1, -0.05) is 0 Å². The number of hydrogen-bond donors (Lipinski definition) is 1. The van der Waals surface area contributed by atoms with Gasteiger partial charge in [-0.15, -0.1) is 0 Å². The van der Waals surface area contributed by atoms with Crippen LogP contribution in [-0.4, -0.2) is 30.1 Å². The van der Waals surface area contributed by atoms with Crippen molar-refractivity contribution in [1.29, 1.82) is 0 Å². The molecule has 1 aliphatic heterocycles. The Bertz CT molecular complexity index is 598. The summed E-state index contributed by atoms with van der Waals surface area (Å²) in [6.45, 7) is 0.907. The largest absolute Gasteiger partial charge is 0.416 e. The number of hydrogen-bond acceptors (Lipinski definition) is 4. The van der Waals surface area contributed by atoms with Crippen molar-refractivity contribution in [3.63, 3.8) is 0 Å². The molecule has 1 saturated heterocycles. The van der Waals surface area contributed by atoms with E-state index < -0.39 is 33.8 Å². The number of nitro groups is 1. The van der Waals surface area contributed by atoms with Crippen LogP contribution in [0.15, 0.2) is 18.2 Å². The number of amides is 1. The zero-order valence-corrected chi connectivity index (χ0v) is 12.1. The van der Waals surface area contributed by atoms with Gasteiger partial charge in [0.2, 0.25) is 0 Å². The summed E-state index contributed by atoms with van der Waals surface area (Å²) >= 11 is 0. The van der Waals surface area contributed by atoms with Crippen LogP contribution in [-0.2, 0) is 10.9 Å². The molecule has 0 bridgehead atoms. The lowest BCUT2D eigenvalue weighted by Crippen LogP contribution is -2.27. The van der Waals surface area contributed by atoms with Crippen molar-refractivity contribution in [1.82, 2.24) is 5.32 Å². The van der Waals surface area contributed by atoms with E-state index >= 15 is 0 Å². The number of alkyl halides is 3. The fourth-order valence-electron chi connectivity index (χ4n) is 2.36. The van der Waals surface area contributed by atoms with Gasteiger partial charge in [0.05, 0.1) is 16.6 Å². The monoisotopic (exact) mass is 332 g/mol. The first-order valence-corrected chi connectivity index (χ1v) is 7.04. The highest BCUT2D eigenvalue weighted by molar-refractivity contribution is 5.98. The van der Waals surface area contributed by atoms with Gasteiger partial charge in [-0.25, -0.2) is 0 Å². The molecule has 0 radical (unpaired) electrons. The number of benzene rings is 1. The third kappa shape index (κ3) is 4.41. The van der Waals surface area contributed by atoms with Crippen LogP contribution in [0, 0.1) is 10.1 Å². The van der Waals surface area contributed by atoms with E-state index in [1.54, 1.807) is 0 Å². The first-order valence-electron chi connectivity index (χ1n) is 7.04. The topological polar surface area (TPSA) is 81.5 Å². The number of rotatable bonds is 5. The molecule has 1 heterocycles. The van der Waals surface area contributed by atoms with Gasteiger partial charge < -0.3 is 10.1 Å². The van der Waals surface area contributed by atoms with Crippen LogP contribution in [0.4, 0.5) is 18.9 Å². The third-order valence-corrected chi connectivity index (χ3v) is 3.54. The lowest BCUT2D eigenvalue weighted by atomic mass is 10.1. The molecule has 6 nitrogen and oxygen atoms in total. The van der Waals surface area contributed by atoms with Crippen LogP contribution in [0.1, 0.15) is 35.2 Å². The van der Waals surface area contributed by atoms with Gasteiger partial charge in [-0.05, 0) is 31.4 Å². The van der Waals surface area contributed by atoms with E-state index in [9.17, 15) is 28.1 Å². The maximum absolute atomic E-state index is 12.6. The summed E-state index contributed by atoms with van der Waals surface area (Å²) in [5, 5.41) is 13.4. The van der Waals surface area contributed by atoms with Gasteiger partial charge >= 0.3 is 6.18 Å². The van der Waals surface area contributed by atoms with Crippen LogP contribution in [0.5, 0.6) is 0 Å². The molecule has 0 aliphatic carbocycles. The summed E-state index contributed by atoms with van der Waals surface area (Å²) in [7, 11) is 0. The van der Waals surface area contributed by atoms with Crippen LogP contribution in [0.25, 0.3) is 0 Å². The fourth-order valence-corrected chi connectivity index (χ4v) is 2.36. The van der Waals surface area contributed by atoms with Crippen molar-refractivity contribution < 1.29 is 27.6 Å². The van der Waals surface area contributed by atoms with Crippen LogP contribution >= 0.6 is 0 Å². The van der Waals surface area contributed by atoms with Crippen LogP contribution in [0.2, 0.25) is 0 Å². The Labute approximate surface area is 129 Å². The molecule has 1 aliphatic rings. The van der Waals surface area contributed by atoms with Crippen LogP contribution in [0.3, 0.4) is 0 Å². The molecule has 1 aromatic carbocycles. The first kappa shape index (κ1) is 17.2. The highest BCUT2D eigenvalue weighted by atomic mass is 19.4. The second kappa shape index (κ2) is 6.95. The minimum absolute atomic E-state index is 0.0397. The maximum Gasteiger partial charge on any atom is 0.416 e. The molecule has 2 rings (SSSR count). The van der Waals surface area contributed by atoms with Crippen molar-refractivity contribution in [2.45, 2.75) is 31.5 Å². The molecular weight excluding hydrogens is 317 g/mol. The molecule has 1 fully saturated rings. The Hall–Kier alpha value is -2.16. The molecule has 1 aromatic rings. The fraction of sp³-hybridized carbons (Fsp3) is 0.500. The van der Waals surface area contributed by atoms with Crippen molar-refractivity contribution in [3.8, 4) is 0 Å². The van der Waals surface area contributed by atoms with E-state index in [0.717, 1.165) is 18.9 Å². The molecule has 1 amide bonds. The lowest BCUT2D eigenvalue weighted by Gasteiger charge is -2.11. The molecule has 0 saturated carbocycles. The third-order valence-electron chi connectivity index (χ3n) is 3.54. The number of carbonyl (C=O) groups is 1. The van der Waals surface area contributed by atoms with Gasteiger partial charge in [0, 0.05) is 19.2 Å². The zero-order valence-electron chi connectivity index (χ0n) is 12.1. The van der Waals surface area contributed by atoms with E-state index in [-0.39, 0.29) is 12.6 Å². The first-order chi connectivity index (χ1) is 10.8. The number of carbonyl (C=O) groups excluding carboxylic acids is 1. The molecule has 1 atom stereocenters. The zero-order chi connectivity index (χ0) is 17.0. The quantitative estimate of drug-likeness (QED) is 0.664. The van der Waals surface area contributed by atoms with Gasteiger partial charge in [0.1, 0.15) is 5.56 Å². The maximum atomic E-state index is 12.6. The Morgan fingerprint density at radius 2 is 2.17 bits per heavy atom. The normalized spacial score (nSPS) is 18.0. The number of halogens is 3. The predicted octanol–water partition coefficient (Wildman–Crippen LogP) is 2.91. The Morgan fingerprint density at radius 1 is 1.43 bits per heavy atom. The average Bonchev–Trinajstić information content (AvgIpc) is 2.98. The second-order valence-corrected chi connectivity index (χ2v) is 5.17. The second-order valence-electron chi connectivity index (χ2n) is 5.17. The highest BCUT2D eigenvalue weighted by Gasteiger charge is 2.34. The van der Waals surface area contributed by atoms with Crippen molar-refractivity contribution >= 4 is 11.6 Å². The number of nitrogens with zero attached hydrogens (tertiary/aromatic N) is 1. The van der Waals surface area contributed by atoms with Gasteiger partial charge in [0.25, 0.3) is 11.6 Å². The molecular formula is C14H15F3N2O4. The van der Waals surface area contributed by atoms with E-state index in [0.29, 0.717) is 25.2 Å². The molecule has 126 valence electrons. The summed E-state index contributed by atoms with van der Waals surface area (Å²) in [4.78, 5) is 21.9. The van der Waals surface area contributed by atoms with Gasteiger partial charge in [0.15, 0.2) is 0 Å². The minimum Gasteiger partial charge on any atom is -0.378 e. The summed E-state index contributed by atoms with van der Waals surface area (Å²) in [6.07, 6.45) is -2.28. The minimum atomic E-state index is -4.71. The van der Waals surface area contributed by atoms with E-state index in [1.165, 1.54) is 0 Å². The Morgan fingerprint density at radius 3 is 2.74 bits per heavy atom. The van der Waals surface area contributed by atoms with Crippen molar-refractivity contribution in [3.05, 3.63) is 39.4 Å². The number of ether oxygens (including phenoxy) is 1. The Balaban J connectivity index is 2.07. The smallest absolute Gasteiger partial charge is 0.378 e. The predicted molar refractivity (Wildman–Crippen MR) is 74.0 cm³/mol. The lowest BCUT2D eigenvalue weighted by molar-refractivity contribution is -0.385. The van der Waals surface area contributed by atoms with E-state index in [1.807, 2.05) is 0 Å². The van der Waals surface area contributed by atoms with Crippen molar-refractivity contribution in [2.75, 3.05) is 13.2 Å². The van der Waals surface area contributed by atoms with E-state index in [4.69, 9.17) is 4.74 Å². The summed E-state index contributed by atoms with van der Waals surface area (Å²) in [6, 6.07) is 1.85. The Kier molecular flexibility index (Phi) is 5.19. The number of nitrogens with one attached hydrogen (secondary N) is 1. The average molecular weight is 332 g/mol. The summed E-state index contributed by atoms with van der Waals surface area (Å²) in [5.74, 6) is -0.775. The molecule has 1 N–H and O–H groups in total. The number of nitro benzene ring substituents is 1. The standard InChI is InChI=1S/C14H15F3N2O4/c15-14(16,17)9-3-4-11(12(8-9)19(21)22)13(20)18-6-5-10-2-1-7-23-10/h3-4,8,10H,1-2,5-7H2,(H,18,20). The molecule has 9 heteroatoms. The van der Waals surface area contributed by atoms with Crippen LogP contribution < -0.4 is 5.32 Å².